The van der Waals surface area contributed by atoms with Crippen LogP contribution in [0.25, 0.3) is 0 Å². The number of benzene rings is 1. The second-order valence-electron chi connectivity index (χ2n) is 3.51. The van der Waals surface area contributed by atoms with Gasteiger partial charge in [-0.25, -0.2) is 10.4 Å². The van der Waals surface area contributed by atoms with Gasteiger partial charge in [-0.1, -0.05) is 13.0 Å². The monoisotopic (exact) mass is 236 g/mol. The van der Waals surface area contributed by atoms with Crippen LogP contribution in [0.4, 0.5) is 11.4 Å². The fourth-order valence-electron chi connectivity index (χ4n) is 1.32. The summed E-state index contributed by atoms with van der Waals surface area (Å²) in [5, 5.41) is 10.7. The molecule has 0 heterocycles. The van der Waals surface area contributed by atoms with Gasteiger partial charge in [0.1, 0.15) is 5.84 Å². The lowest BCUT2D eigenvalue weighted by Gasteiger charge is -2.07. The molecule has 0 aromatic heterocycles. The van der Waals surface area contributed by atoms with Crippen molar-refractivity contribution in [3.8, 4) is 0 Å². The smallest absolute Gasteiger partial charge is 0.271 e. The molecule has 6 heteroatoms. The zero-order chi connectivity index (χ0) is 12.8. The van der Waals surface area contributed by atoms with Crippen LogP contribution >= 0.6 is 0 Å². The second kappa shape index (κ2) is 5.95. The topological polar surface area (TPSA) is 79.6 Å². The SMILES string of the molecule is CCC(=Nc1cc([N+](=O)[O-])ccc1C)NNC. The third kappa shape index (κ3) is 3.53. The lowest BCUT2D eigenvalue weighted by molar-refractivity contribution is -0.384. The number of amidine groups is 1. The summed E-state index contributed by atoms with van der Waals surface area (Å²) in [6.07, 6.45) is 0.711. The van der Waals surface area contributed by atoms with Gasteiger partial charge in [0, 0.05) is 25.6 Å². The maximum Gasteiger partial charge on any atom is 0.271 e. The Kier molecular flexibility index (Phi) is 4.59. The molecule has 1 aromatic rings. The second-order valence-corrected chi connectivity index (χ2v) is 3.51. The molecule has 0 spiro atoms. The Morgan fingerprint density at radius 3 is 2.76 bits per heavy atom. The number of hydrogen-bond acceptors (Lipinski definition) is 4. The van der Waals surface area contributed by atoms with Crippen molar-refractivity contribution in [2.45, 2.75) is 20.3 Å². The molecule has 1 aromatic carbocycles. The number of aryl methyl sites for hydroxylation is 1. The summed E-state index contributed by atoms with van der Waals surface area (Å²) in [4.78, 5) is 14.6. The largest absolute Gasteiger partial charge is 0.310 e. The molecule has 0 unspecified atom stereocenters. The zero-order valence-corrected chi connectivity index (χ0v) is 10.2. The number of nitro benzene ring substituents is 1. The van der Waals surface area contributed by atoms with E-state index in [0.29, 0.717) is 12.1 Å². The average molecular weight is 236 g/mol. The van der Waals surface area contributed by atoms with Gasteiger partial charge >= 0.3 is 0 Å². The van der Waals surface area contributed by atoms with Gasteiger partial charge in [0.15, 0.2) is 0 Å². The van der Waals surface area contributed by atoms with Gasteiger partial charge in [0.2, 0.25) is 0 Å². The molecule has 6 nitrogen and oxygen atoms in total. The highest BCUT2D eigenvalue weighted by Gasteiger charge is 2.08. The van der Waals surface area contributed by atoms with E-state index in [4.69, 9.17) is 0 Å². The molecule has 0 saturated carbocycles. The van der Waals surface area contributed by atoms with Crippen molar-refractivity contribution < 1.29 is 4.92 Å². The molecule has 0 fully saturated rings. The number of hydrogen-bond donors (Lipinski definition) is 2. The Morgan fingerprint density at radius 2 is 2.24 bits per heavy atom. The molecule has 0 amide bonds. The minimum absolute atomic E-state index is 0.0502. The minimum Gasteiger partial charge on any atom is -0.310 e. The number of hydrazine groups is 1. The average Bonchev–Trinajstić information content (AvgIpc) is 2.30. The van der Waals surface area contributed by atoms with Crippen LogP contribution in [0, 0.1) is 17.0 Å². The number of non-ortho nitro benzene ring substituents is 1. The van der Waals surface area contributed by atoms with E-state index >= 15 is 0 Å². The van der Waals surface area contributed by atoms with E-state index in [1.54, 1.807) is 13.1 Å². The third-order valence-electron chi connectivity index (χ3n) is 2.26. The number of nitrogens with zero attached hydrogens (tertiary/aromatic N) is 2. The standard InChI is InChI=1S/C11H16N4O2/c1-4-11(14-12-3)13-10-7-9(15(16)17)6-5-8(10)2/h5-7,12H,4H2,1-3H3,(H,13,14). The summed E-state index contributed by atoms with van der Waals surface area (Å²) in [6.45, 7) is 3.82. The molecule has 1 rings (SSSR count). The lowest BCUT2D eigenvalue weighted by atomic mass is 10.2. The number of aliphatic imine (C=N–C) groups is 1. The van der Waals surface area contributed by atoms with Crippen LogP contribution in [0.2, 0.25) is 0 Å². The Labute approximate surface area is 99.9 Å². The van der Waals surface area contributed by atoms with Gasteiger partial charge in [-0.2, -0.15) is 0 Å². The van der Waals surface area contributed by atoms with Crippen molar-refractivity contribution in [1.82, 2.24) is 10.9 Å². The van der Waals surface area contributed by atoms with Crippen LogP contribution in [0.15, 0.2) is 23.2 Å². The van der Waals surface area contributed by atoms with Crippen LogP contribution in [0.5, 0.6) is 0 Å². The molecule has 0 atom stereocenters. The predicted octanol–water partition coefficient (Wildman–Crippen LogP) is 2.07. The van der Waals surface area contributed by atoms with Gasteiger partial charge in [0.05, 0.1) is 10.6 Å². The van der Waals surface area contributed by atoms with Gasteiger partial charge in [0.25, 0.3) is 5.69 Å². The maximum absolute atomic E-state index is 10.7. The maximum atomic E-state index is 10.7. The van der Waals surface area contributed by atoms with Crippen molar-refractivity contribution in [1.29, 1.82) is 0 Å². The van der Waals surface area contributed by atoms with E-state index in [1.807, 2.05) is 13.8 Å². The van der Waals surface area contributed by atoms with Crippen LogP contribution in [-0.4, -0.2) is 17.8 Å². The van der Waals surface area contributed by atoms with Crippen molar-refractivity contribution in [2.75, 3.05) is 7.05 Å². The molecule has 0 aliphatic heterocycles. The first-order chi connectivity index (χ1) is 8.08. The molecular weight excluding hydrogens is 220 g/mol. The lowest BCUT2D eigenvalue weighted by Crippen LogP contribution is -2.33. The normalized spacial score (nSPS) is 11.4. The fraction of sp³-hybridized carbons (Fsp3) is 0.364. The Hall–Kier alpha value is -1.95. The first kappa shape index (κ1) is 13.1. The van der Waals surface area contributed by atoms with Crippen LogP contribution in [0.3, 0.4) is 0 Å². The van der Waals surface area contributed by atoms with Gasteiger partial charge in [-0.3, -0.25) is 10.1 Å². The molecule has 0 saturated heterocycles. The molecular formula is C11H16N4O2. The van der Waals surface area contributed by atoms with Gasteiger partial charge < -0.3 is 5.43 Å². The highest BCUT2D eigenvalue weighted by atomic mass is 16.6. The van der Waals surface area contributed by atoms with Crippen LogP contribution < -0.4 is 10.9 Å². The predicted molar refractivity (Wildman–Crippen MR) is 67.4 cm³/mol. The highest BCUT2D eigenvalue weighted by molar-refractivity contribution is 5.84. The Morgan fingerprint density at radius 1 is 1.53 bits per heavy atom. The first-order valence-electron chi connectivity index (χ1n) is 5.33. The van der Waals surface area contributed by atoms with Crippen molar-refractivity contribution in [2.24, 2.45) is 4.99 Å². The summed E-state index contributed by atoms with van der Waals surface area (Å²) in [7, 11) is 1.74. The summed E-state index contributed by atoms with van der Waals surface area (Å²) < 4.78 is 0. The van der Waals surface area contributed by atoms with Crippen molar-refractivity contribution in [3.05, 3.63) is 33.9 Å². The minimum atomic E-state index is -0.421. The van der Waals surface area contributed by atoms with Crippen molar-refractivity contribution >= 4 is 17.2 Å². The molecule has 0 aliphatic carbocycles. The fourth-order valence-corrected chi connectivity index (χ4v) is 1.32. The number of rotatable bonds is 4. The van der Waals surface area contributed by atoms with E-state index in [-0.39, 0.29) is 5.69 Å². The quantitative estimate of drug-likeness (QED) is 0.363. The van der Waals surface area contributed by atoms with Gasteiger partial charge in [-0.05, 0) is 12.5 Å². The molecule has 0 radical (unpaired) electrons. The number of nitro groups is 1. The van der Waals surface area contributed by atoms with Crippen LogP contribution in [-0.2, 0) is 0 Å². The van der Waals surface area contributed by atoms with Crippen molar-refractivity contribution in [3.63, 3.8) is 0 Å². The summed E-state index contributed by atoms with van der Waals surface area (Å²) in [5.41, 5.74) is 7.23. The Bertz CT molecular complexity index is 443. The molecule has 92 valence electrons. The van der Waals surface area contributed by atoms with Crippen LogP contribution in [0.1, 0.15) is 18.9 Å². The summed E-state index contributed by atoms with van der Waals surface area (Å²) in [6, 6.07) is 4.65. The Balaban J connectivity index is 3.11. The molecule has 0 bridgehead atoms. The van der Waals surface area contributed by atoms with E-state index in [9.17, 15) is 10.1 Å². The third-order valence-corrected chi connectivity index (χ3v) is 2.26. The first-order valence-corrected chi connectivity index (χ1v) is 5.33. The summed E-state index contributed by atoms with van der Waals surface area (Å²) >= 11 is 0. The summed E-state index contributed by atoms with van der Waals surface area (Å²) in [5.74, 6) is 0.732. The van der Waals surface area contributed by atoms with E-state index < -0.39 is 4.92 Å². The van der Waals surface area contributed by atoms with Gasteiger partial charge in [-0.15, -0.1) is 0 Å². The highest BCUT2D eigenvalue weighted by Crippen LogP contribution is 2.24. The zero-order valence-electron chi connectivity index (χ0n) is 10.2. The molecule has 0 aliphatic rings. The van der Waals surface area contributed by atoms with E-state index in [2.05, 4.69) is 15.8 Å². The number of nitrogens with one attached hydrogen (secondary N) is 2. The molecule has 2 N–H and O–H groups in total. The van der Waals surface area contributed by atoms with E-state index in [1.165, 1.54) is 12.1 Å². The van der Waals surface area contributed by atoms with E-state index in [0.717, 1.165) is 11.4 Å². The molecule has 17 heavy (non-hydrogen) atoms.